The van der Waals surface area contributed by atoms with Crippen molar-refractivity contribution in [1.29, 1.82) is 0 Å². The molecule has 0 bridgehead atoms. The summed E-state index contributed by atoms with van der Waals surface area (Å²) in [5, 5.41) is 3.23. The van der Waals surface area contributed by atoms with E-state index in [1.54, 1.807) is 6.20 Å². The number of rotatable bonds is 8. The first-order chi connectivity index (χ1) is 7.36. The van der Waals surface area contributed by atoms with E-state index in [2.05, 4.69) is 24.1 Å². The zero-order valence-corrected chi connectivity index (χ0v) is 9.58. The van der Waals surface area contributed by atoms with Crippen molar-refractivity contribution in [2.75, 3.05) is 13.2 Å². The lowest BCUT2D eigenvalue weighted by Crippen LogP contribution is -2.13. The summed E-state index contributed by atoms with van der Waals surface area (Å²) in [6, 6.07) is 0. The van der Waals surface area contributed by atoms with Crippen molar-refractivity contribution in [2.24, 2.45) is 0 Å². The molecular formula is C11H20N2O2. The van der Waals surface area contributed by atoms with E-state index in [1.807, 2.05) is 0 Å². The lowest BCUT2D eigenvalue weighted by Gasteiger charge is -1.99. The average molecular weight is 212 g/mol. The fourth-order valence-electron chi connectivity index (χ4n) is 1.19. The minimum absolute atomic E-state index is 0.522. The number of hydrogen-bond acceptors (Lipinski definition) is 4. The van der Waals surface area contributed by atoms with E-state index in [9.17, 15) is 0 Å². The molecule has 0 unspecified atom stereocenters. The number of nitrogens with zero attached hydrogens (tertiary/aromatic N) is 1. The molecule has 0 atom stereocenters. The summed E-state index contributed by atoms with van der Waals surface area (Å²) in [6.45, 7) is 7.19. The highest BCUT2D eigenvalue weighted by Crippen LogP contribution is 2.05. The maximum absolute atomic E-state index is 5.48. The van der Waals surface area contributed by atoms with Crippen molar-refractivity contribution in [1.82, 2.24) is 10.3 Å². The van der Waals surface area contributed by atoms with Crippen LogP contribution in [0.1, 0.15) is 38.3 Å². The molecule has 0 spiro atoms. The molecule has 1 aromatic rings. The lowest BCUT2D eigenvalue weighted by molar-refractivity contribution is 0.106. The smallest absolute Gasteiger partial charge is 0.208 e. The molecule has 1 heterocycles. The quantitative estimate of drug-likeness (QED) is 0.670. The molecule has 0 aliphatic rings. The molecule has 0 amide bonds. The minimum atomic E-state index is 0.522. The molecule has 0 saturated heterocycles. The van der Waals surface area contributed by atoms with Gasteiger partial charge in [-0.3, -0.25) is 0 Å². The molecule has 15 heavy (non-hydrogen) atoms. The monoisotopic (exact) mass is 212 g/mol. The molecule has 1 aromatic heterocycles. The van der Waals surface area contributed by atoms with Crippen molar-refractivity contribution in [3.8, 4) is 0 Å². The average Bonchev–Trinajstić information content (AvgIpc) is 2.67. The van der Waals surface area contributed by atoms with Gasteiger partial charge in [-0.15, -0.1) is 0 Å². The summed E-state index contributed by atoms with van der Waals surface area (Å²) in [4.78, 5) is 4.16. The van der Waals surface area contributed by atoms with Crippen LogP contribution in [0.4, 0.5) is 0 Å². The fraction of sp³-hybridized carbons (Fsp3) is 0.727. The Hall–Kier alpha value is -0.870. The Morgan fingerprint density at radius 2 is 2.27 bits per heavy atom. The predicted octanol–water partition coefficient (Wildman–Crippen LogP) is 2.10. The van der Waals surface area contributed by atoms with Crippen LogP contribution in [0.15, 0.2) is 10.6 Å². The van der Waals surface area contributed by atoms with Gasteiger partial charge in [0, 0.05) is 6.61 Å². The van der Waals surface area contributed by atoms with E-state index in [1.165, 1.54) is 0 Å². The molecule has 0 aromatic carbocycles. The molecule has 0 fully saturated rings. The highest BCUT2D eigenvalue weighted by Gasteiger charge is 2.02. The molecule has 1 rings (SSSR count). The summed E-state index contributed by atoms with van der Waals surface area (Å²) < 4.78 is 10.8. The first-order valence-corrected chi connectivity index (χ1v) is 5.58. The third kappa shape index (κ3) is 4.95. The van der Waals surface area contributed by atoms with Crippen molar-refractivity contribution in [3.05, 3.63) is 17.8 Å². The molecular weight excluding hydrogens is 192 g/mol. The standard InChI is InChI=1S/C11H20N2O2/c1-3-5-12-8-11-13-7-10(15-11)9-14-6-4-2/h7,12H,3-6,8-9H2,1-2H3. The molecule has 0 radical (unpaired) electrons. The number of hydrogen-bond donors (Lipinski definition) is 1. The van der Waals surface area contributed by atoms with Gasteiger partial charge in [0.15, 0.2) is 0 Å². The van der Waals surface area contributed by atoms with Gasteiger partial charge >= 0.3 is 0 Å². The van der Waals surface area contributed by atoms with Crippen LogP contribution in [0, 0.1) is 0 Å². The van der Waals surface area contributed by atoms with E-state index in [0.717, 1.165) is 37.6 Å². The van der Waals surface area contributed by atoms with Crippen LogP contribution in [0.5, 0.6) is 0 Å². The Morgan fingerprint density at radius 1 is 1.40 bits per heavy atom. The SMILES string of the molecule is CCCNCc1ncc(COCCC)o1. The Kier molecular flexibility index (Phi) is 6.04. The van der Waals surface area contributed by atoms with Gasteiger partial charge in [-0.1, -0.05) is 13.8 Å². The zero-order valence-electron chi connectivity index (χ0n) is 9.58. The van der Waals surface area contributed by atoms with Gasteiger partial charge in [0.25, 0.3) is 0 Å². The molecule has 0 aliphatic carbocycles. The van der Waals surface area contributed by atoms with E-state index in [4.69, 9.17) is 9.15 Å². The molecule has 4 heteroatoms. The summed E-state index contributed by atoms with van der Waals surface area (Å²) in [7, 11) is 0. The largest absolute Gasteiger partial charge is 0.442 e. The van der Waals surface area contributed by atoms with E-state index in [0.29, 0.717) is 13.2 Å². The molecule has 4 nitrogen and oxygen atoms in total. The van der Waals surface area contributed by atoms with E-state index >= 15 is 0 Å². The number of aromatic nitrogens is 1. The number of nitrogens with one attached hydrogen (secondary N) is 1. The van der Waals surface area contributed by atoms with Gasteiger partial charge in [-0.05, 0) is 19.4 Å². The van der Waals surface area contributed by atoms with Crippen LogP contribution in [0.2, 0.25) is 0 Å². The van der Waals surface area contributed by atoms with Crippen LogP contribution < -0.4 is 5.32 Å². The topological polar surface area (TPSA) is 47.3 Å². The fourth-order valence-corrected chi connectivity index (χ4v) is 1.19. The van der Waals surface area contributed by atoms with E-state index in [-0.39, 0.29) is 0 Å². The first kappa shape index (κ1) is 12.2. The number of ether oxygens (including phenoxy) is 1. The summed E-state index contributed by atoms with van der Waals surface area (Å²) in [5.74, 6) is 1.54. The van der Waals surface area contributed by atoms with Gasteiger partial charge in [0.2, 0.25) is 5.89 Å². The van der Waals surface area contributed by atoms with Crippen LogP contribution in [0.25, 0.3) is 0 Å². The Labute approximate surface area is 91.0 Å². The van der Waals surface area contributed by atoms with Crippen molar-refractivity contribution < 1.29 is 9.15 Å². The third-order valence-electron chi connectivity index (χ3n) is 1.90. The second-order valence-electron chi connectivity index (χ2n) is 3.45. The van der Waals surface area contributed by atoms with Crippen LogP contribution in [-0.2, 0) is 17.9 Å². The maximum atomic E-state index is 5.48. The van der Waals surface area contributed by atoms with Gasteiger partial charge in [-0.2, -0.15) is 0 Å². The van der Waals surface area contributed by atoms with Crippen molar-refractivity contribution in [3.63, 3.8) is 0 Å². The molecule has 1 N–H and O–H groups in total. The minimum Gasteiger partial charge on any atom is -0.442 e. The maximum Gasteiger partial charge on any atom is 0.208 e. The zero-order chi connectivity index (χ0) is 10.9. The third-order valence-corrected chi connectivity index (χ3v) is 1.90. The Balaban J connectivity index is 2.23. The molecule has 0 aliphatic heterocycles. The second-order valence-corrected chi connectivity index (χ2v) is 3.45. The van der Waals surface area contributed by atoms with Crippen LogP contribution in [-0.4, -0.2) is 18.1 Å². The first-order valence-electron chi connectivity index (χ1n) is 5.58. The van der Waals surface area contributed by atoms with Crippen LogP contribution in [0.3, 0.4) is 0 Å². The Morgan fingerprint density at radius 3 is 3.00 bits per heavy atom. The van der Waals surface area contributed by atoms with Gasteiger partial charge < -0.3 is 14.5 Å². The predicted molar refractivity (Wildman–Crippen MR) is 58.4 cm³/mol. The second kappa shape index (κ2) is 7.43. The van der Waals surface area contributed by atoms with Crippen molar-refractivity contribution >= 4 is 0 Å². The normalized spacial score (nSPS) is 10.8. The van der Waals surface area contributed by atoms with Gasteiger partial charge in [0.1, 0.15) is 12.4 Å². The highest BCUT2D eigenvalue weighted by molar-refractivity contribution is 4.92. The lowest BCUT2D eigenvalue weighted by atomic mass is 10.5. The summed E-state index contributed by atoms with van der Waals surface area (Å²) in [5.41, 5.74) is 0. The summed E-state index contributed by atoms with van der Waals surface area (Å²) >= 11 is 0. The molecule has 0 saturated carbocycles. The number of oxazole rings is 1. The van der Waals surface area contributed by atoms with Gasteiger partial charge in [-0.25, -0.2) is 4.98 Å². The van der Waals surface area contributed by atoms with Gasteiger partial charge in [0.05, 0.1) is 12.7 Å². The molecule has 86 valence electrons. The Bertz CT molecular complexity index is 236. The van der Waals surface area contributed by atoms with Crippen molar-refractivity contribution in [2.45, 2.75) is 39.8 Å². The highest BCUT2D eigenvalue weighted by atomic mass is 16.5. The van der Waals surface area contributed by atoms with E-state index < -0.39 is 0 Å². The summed E-state index contributed by atoms with van der Waals surface area (Å²) in [6.07, 6.45) is 3.88. The van der Waals surface area contributed by atoms with Crippen LogP contribution >= 0.6 is 0 Å².